The molecular weight excluding hydrogens is 308 g/mol. The van der Waals surface area contributed by atoms with Crippen LogP contribution in [0.25, 0.3) is 0 Å². The molecule has 2 N–H and O–H groups in total. The first kappa shape index (κ1) is 15.6. The van der Waals surface area contributed by atoms with Gasteiger partial charge < -0.3 is 10.6 Å². The highest BCUT2D eigenvalue weighted by molar-refractivity contribution is 8.00. The molecule has 0 atom stereocenters. The second kappa shape index (κ2) is 7.33. The number of carbonyl (C=O) groups excluding carboxylic acids is 2. The van der Waals surface area contributed by atoms with Crippen LogP contribution in [0.5, 0.6) is 0 Å². The molecule has 0 bridgehead atoms. The van der Waals surface area contributed by atoms with Crippen molar-refractivity contribution < 1.29 is 9.59 Å². The maximum absolute atomic E-state index is 11.9. The number of hydrogen-bond acceptors (Lipinski definition) is 3. The van der Waals surface area contributed by atoms with Crippen molar-refractivity contribution in [1.29, 1.82) is 0 Å². The highest BCUT2D eigenvalue weighted by atomic mass is 32.2. The molecule has 1 saturated carbocycles. The van der Waals surface area contributed by atoms with Gasteiger partial charge in [-0.1, -0.05) is 18.2 Å². The molecule has 0 spiro atoms. The van der Waals surface area contributed by atoms with Crippen molar-refractivity contribution in [3.8, 4) is 0 Å². The molecule has 1 aliphatic rings. The molecule has 2 aromatic rings. The van der Waals surface area contributed by atoms with E-state index in [2.05, 4.69) is 10.6 Å². The molecule has 4 nitrogen and oxygen atoms in total. The molecule has 1 fully saturated rings. The summed E-state index contributed by atoms with van der Waals surface area (Å²) in [7, 11) is 0. The molecule has 118 valence electrons. The van der Waals surface area contributed by atoms with Crippen LogP contribution < -0.4 is 10.6 Å². The van der Waals surface area contributed by atoms with E-state index < -0.39 is 0 Å². The molecule has 1 aliphatic carbocycles. The van der Waals surface area contributed by atoms with Crippen molar-refractivity contribution in [2.75, 3.05) is 16.4 Å². The Kier molecular flexibility index (Phi) is 4.98. The Labute approximate surface area is 139 Å². The van der Waals surface area contributed by atoms with E-state index in [9.17, 15) is 9.59 Å². The molecule has 0 unspecified atom stereocenters. The minimum atomic E-state index is -0.0476. The topological polar surface area (TPSA) is 58.2 Å². The fourth-order valence-corrected chi connectivity index (χ4v) is 2.81. The van der Waals surface area contributed by atoms with Crippen molar-refractivity contribution in [3.05, 3.63) is 54.6 Å². The fourth-order valence-electron chi connectivity index (χ4n) is 2.09. The van der Waals surface area contributed by atoms with Crippen LogP contribution in [0, 0.1) is 5.92 Å². The van der Waals surface area contributed by atoms with Gasteiger partial charge in [-0.3, -0.25) is 9.59 Å². The third kappa shape index (κ3) is 4.86. The first-order valence-corrected chi connectivity index (χ1v) is 8.58. The van der Waals surface area contributed by atoms with Gasteiger partial charge >= 0.3 is 0 Å². The summed E-state index contributed by atoms with van der Waals surface area (Å²) in [4.78, 5) is 24.7. The standard InChI is InChI=1S/C18H18N2O2S/c21-17(12-23-16-4-2-1-3-5-16)19-14-8-10-15(11-9-14)20-18(22)13-6-7-13/h1-5,8-11,13H,6-7,12H2,(H,19,21)(H,20,22). The molecule has 5 heteroatoms. The van der Waals surface area contributed by atoms with E-state index in [0.717, 1.165) is 29.1 Å². The summed E-state index contributed by atoms with van der Waals surface area (Å²) in [5, 5.41) is 5.73. The minimum absolute atomic E-state index is 0.0476. The van der Waals surface area contributed by atoms with Gasteiger partial charge in [0.25, 0.3) is 0 Å². The first-order valence-electron chi connectivity index (χ1n) is 7.59. The average Bonchev–Trinajstić information content (AvgIpc) is 3.41. The Morgan fingerprint density at radius 2 is 1.52 bits per heavy atom. The van der Waals surface area contributed by atoms with Gasteiger partial charge in [-0.2, -0.15) is 0 Å². The summed E-state index contributed by atoms with van der Waals surface area (Å²) in [6, 6.07) is 17.0. The molecule has 2 amide bonds. The van der Waals surface area contributed by atoms with Gasteiger partial charge in [-0.15, -0.1) is 11.8 Å². The molecule has 0 aromatic heterocycles. The van der Waals surface area contributed by atoms with Crippen molar-refractivity contribution in [2.24, 2.45) is 5.92 Å². The van der Waals surface area contributed by atoms with E-state index in [1.807, 2.05) is 30.3 Å². The van der Waals surface area contributed by atoms with Crippen molar-refractivity contribution >= 4 is 35.0 Å². The smallest absolute Gasteiger partial charge is 0.234 e. The van der Waals surface area contributed by atoms with Crippen LogP contribution in [0.1, 0.15) is 12.8 Å². The number of amides is 2. The first-order chi connectivity index (χ1) is 11.2. The maximum atomic E-state index is 11.9. The Morgan fingerprint density at radius 1 is 0.913 bits per heavy atom. The molecule has 0 radical (unpaired) electrons. The summed E-state index contributed by atoms with van der Waals surface area (Å²) in [5.41, 5.74) is 1.49. The Bertz CT molecular complexity index is 682. The Morgan fingerprint density at radius 3 is 2.13 bits per heavy atom. The van der Waals surface area contributed by atoms with Crippen molar-refractivity contribution in [3.63, 3.8) is 0 Å². The lowest BCUT2D eigenvalue weighted by atomic mass is 10.2. The van der Waals surface area contributed by atoms with Gasteiger partial charge in [0.15, 0.2) is 0 Å². The largest absolute Gasteiger partial charge is 0.326 e. The number of rotatable bonds is 6. The normalized spacial score (nSPS) is 13.4. The number of anilines is 2. The SMILES string of the molecule is O=C(CSc1ccccc1)Nc1ccc(NC(=O)C2CC2)cc1. The van der Waals surface area contributed by atoms with Gasteiger partial charge in [-0.25, -0.2) is 0 Å². The number of benzene rings is 2. The van der Waals surface area contributed by atoms with Gasteiger partial charge in [0, 0.05) is 22.2 Å². The van der Waals surface area contributed by atoms with Crippen LogP contribution in [0.4, 0.5) is 11.4 Å². The van der Waals surface area contributed by atoms with E-state index >= 15 is 0 Å². The van der Waals surface area contributed by atoms with E-state index in [1.54, 1.807) is 24.3 Å². The molecule has 3 rings (SSSR count). The Hall–Kier alpha value is -2.27. The maximum Gasteiger partial charge on any atom is 0.234 e. The van der Waals surface area contributed by atoms with Gasteiger partial charge in [0.2, 0.25) is 11.8 Å². The predicted octanol–water partition coefficient (Wildman–Crippen LogP) is 3.77. The van der Waals surface area contributed by atoms with Crippen LogP contribution in [0.15, 0.2) is 59.5 Å². The summed E-state index contributed by atoms with van der Waals surface area (Å²) >= 11 is 1.50. The average molecular weight is 326 g/mol. The van der Waals surface area contributed by atoms with Crippen LogP contribution >= 0.6 is 11.8 Å². The lowest BCUT2D eigenvalue weighted by molar-refractivity contribution is -0.117. The van der Waals surface area contributed by atoms with Crippen LogP contribution in [-0.2, 0) is 9.59 Å². The Balaban J connectivity index is 1.47. The molecule has 0 saturated heterocycles. The highest BCUT2D eigenvalue weighted by Crippen LogP contribution is 2.30. The summed E-state index contributed by atoms with van der Waals surface area (Å²) in [5.74, 6) is 0.587. The monoisotopic (exact) mass is 326 g/mol. The summed E-state index contributed by atoms with van der Waals surface area (Å²) in [6.45, 7) is 0. The van der Waals surface area contributed by atoms with Crippen molar-refractivity contribution in [2.45, 2.75) is 17.7 Å². The number of nitrogens with one attached hydrogen (secondary N) is 2. The lowest BCUT2D eigenvalue weighted by Gasteiger charge is -2.07. The fraction of sp³-hybridized carbons (Fsp3) is 0.222. The summed E-state index contributed by atoms with van der Waals surface area (Å²) < 4.78 is 0. The van der Waals surface area contributed by atoms with Crippen molar-refractivity contribution in [1.82, 2.24) is 0 Å². The second-order valence-corrected chi connectivity index (χ2v) is 6.54. The zero-order valence-electron chi connectivity index (χ0n) is 12.6. The molecule has 0 aliphatic heterocycles. The predicted molar refractivity (Wildman–Crippen MR) is 93.6 cm³/mol. The number of thioether (sulfide) groups is 1. The zero-order chi connectivity index (χ0) is 16.1. The number of hydrogen-bond donors (Lipinski definition) is 2. The zero-order valence-corrected chi connectivity index (χ0v) is 13.4. The number of carbonyl (C=O) groups is 2. The quantitative estimate of drug-likeness (QED) is 0.795. The van der Waals surface area contributed by atoms with E-state index in [0.29, 0.717) is 5.75 Å². The highest BCUT2D eigenvalue weighted by Gasteiger charge is 2.29. The third-order valence-corrected chi connectivity index (χ3v) is 4.51. The molecule has 23 heavy (non-hydrogen) atoms. The van der Waals surface area contributed by atoms with E-state index in [1.165, 1.54) is 11.8 Å². The van der Waals surface area contributed by atoms with Crippen LogP contribution in [0.3, 0.4) is 0 Å². The minimum Gasteiger partial charge on any atom is -0.326 e. The third-order valence-electron chi connectivity index (χ3n) is 3.50. The molecule has 0 heterocycles. The van der Waals surface area contributed by atoms with E-state index in [-0.39, 0.29) is 17.7 Å². The molecule has 2 aromatic carbocycles. The lowest BCUT2D eigenvalue weighted by Crippen LogP contribution is -2.15. The van der Waals surface area contributed by atoms with Crippen LogP contribution in [0.2, 0.25) is 0 Å². The van der Waals surface area contributed by atoms with Gasteiger partial charge in [0.1, 0.15) is 0 Å². The van der Waals surface area contributed by atoms with Gasteiger partial charge in [0.05, 0.1) is 5.75 Å². The molecular formula is C18H18N2O2S. The van der Waals surface area contributed by atoms with Crippen LogP contribution in [-0.4, -0.2) is 17.6 Å². The van der Waals surface area contributed by atoms with E-state index in [4.69, 9.17) is 0 Å². The second-order valence-electron chi connectivity index (χ2n) is 5.49. The summed E-state index contributed by atoms with van der Waals surface area (Å²) in [6.07, 6.45) is 1.97. The van der Waals surface area contributed by atoms with Gasteiger partial charge in [-0.05, 0) is 49.2 Å².